The fourth-order valence-electron chi connectivity index (χ4n) is 2.06. The van der Waals surface area contributed by atoms with Gasteiger partial charge in [-0.15, -0.1) is 24.8 Å². The molecule has 0 aliphatic carbocycles. The lowest BCUT2D eigenvalue weighted by molar-refractivity contribution is -0.132. The number of hydrogen-bond acceptors (Lipinski definition) is 4. The van der Waals surface area contributed by atoms with Crippen molar-refractivity contribution in [3.63, 3.8) is 0 Å². The Bertz CT molecular complexity index is 459. The molecule has 2 rings (SSSR count). The van der Waals surface area contributed by atoms with E-state index < -0.39 is 0 Å². The number of rotatable bonds is 3. The van der Waals surface area contributed by atoms with E-state index >= 15 is 0 Å². The molecule has 0 radical (unpaired) electrons. The van der Waals surface area contributed by atoms with Crippen LogP contribution in [0.4, 0.5) is 0 Å². The largest absolute Gasteiger partial charge is 0.342 e. The topological polar surface area (TPSA) is 74.3 Å². The molecule has 1 aromatic rings. The number of nitrogens with one attached hydrogen (secondary N) is 2. The van der Waals surface area contributed by atoms with Gasteiger partial charge in [-0.1, -0.05) is 6.07 Å². The molecule has 1 saturated heterocycles. The fourth-order valence-corrected chi connectivity index (χ4v) is 2.06. The molecule has 1 aliphatic heterocycles. The maximum atomic E-state index is 12.0. The van der Waals surface area contributed by atoms with Gasteiger partial charge in [0.1, 0.15) is 5.69 Å². The summed E-state index contributed by atoms with van der Waals surface area (Å²) in [5, 5.41) is 5.82. The van der Waals surface area contributed by atoms with E-state index in [2.05, 4.69) is 15.6 Å². The molecule has 6 nitrogen and oxygen atoms in total. The maximum absolute atomic E-state index is 12.0. The Morgan fingerprint density at radius 3 is 2.81 bits per heavy atom. The van der Waals surface area contributed by atoms with Crippen molar-refractivity contribution in [3.8, 4) is 0 Å². The second-order valence-corrected chi connectivity index (χ2v) is 4.54. The fraction of sp³-hybridized carbons (Fsp3) is 0.462. The number of halogens is 2. The first-order valence-electron chi connectivity index (χ1n) is 6.38. The number of carbonyl (C=O) groups is 2. The lowest BCUT2D eigenvalue weighted by Gasteiger charge is -2.34. The SMILES string of the molecule is C[C@H]1CNCCN1C(=O)CNC(=O)c1ccccn1.Cl.Cl. The van der Waals surface area contributed by atoms with Crippen molar-refractivity contribution in [1.29, 1.82) is 0 Å². The smallest absolute Gasteiger partial charge is 0.270 e. The minimum absolute atomic E-state index is 0. The second-order valence-electron chi connectivity index (χ2n) is 4.54. The van der Waals surface area contributed by atoms with E-state index in [1.165, 1.54) is 0 Å². The molecule has 1 atom stereocenters. The summed E-state index contributed by atoms with van der Waals surface area (Å²) in [4.78, 5) is 29.5. The van der Waals surface area contributed by atoms with E-state index in [0.717, 1.165) is 13.1 Å². The number of piperazine rings is 1. The molecule has 2 amide bonds. The van der Waals surface area contributed by atoms with Crippen LogP contribution < -0.4 is 10.6 Å². The molecule has 2 heterocycles. The van der Waals surface area contributed by atoms with Crippen molar-refractivity contribution in [2.75, 3.05) is 26.2 Å². The third-order valence-corrected chi connectivity index (χ3v) is 3.12. The molecule has 2 N–H and O–H groups in total. The van der Waals surface area contributed by atoms with Gasteiger partial charge in [-0.25, -0.2) is 0 Å². The van der Waals surface area contributed by atoms with Crippen molar-refractivity contribution in [2.24, 2.45) is 0 Å². The van der Waals surface area contributed by atoms with Crippen LogP contribution in [0.15, 0.2) is 24.4 Å². The Kier molecular flexibility index (Phi) is 8.92. The number of carbonyl (C=O) groups excluding carboxylic acids is 2. The Labute approximate surface area is 136 Å². The molecule has 0 unspecified atom stereocenters. The summed E-state index contributed by atoms with van der Waals surface area (Å²) in [5.74, 6) is -0.380. The van der Waals surface area contributed by atoms with Gasteiger partial charge in [0, 0.05) is 31.9 Å². The van der Waals surface area contributed by atoms with E-state index in [0.29, 0.717) is 12.2 Å². The van der Waals surface area contributed by atoms with Gasteiger partial charge in [0.2, 0.25) is 5.91 Å². The van der Waals surface area contributed by atoms with Gasteiger partial charge in [0.25, 0.3) is 5.91 Å². The van der Waals surface area contributed by atoms with E-state index in [-0.39, 0.29) is 49.2 Å². The van der Waals surface area contributed by atoms with Gasteiger partial charge in [-0.2, -0.15) is 0 Å². The standard InChI is InChI=1S/C13H18N4O2.2ClH/c1-10-8-14-6-7-17(10)12(18)9-16-13(19)11-4-2-3-5-15-11;;/h2-5,10,14H,6-9H2,1H3,(H,16,19);2*1H/t10-;;/m0../s1. The molecule has 8 heteroatoms. The minimum atomic E-state index is -0.322. The summed E-state index contributed by atoms with van der Waals surface area (Å²) in [5.41, 5.74) is 0.323. The zero-order chi connectivity index (χ0) is 13.7. The monoisotopic (exact) mass is 334 g/mol. The van der Waals surface area contributed by atoms with E-state index in [1.54, 1.807) is 29.3 Å². The van der Waals surface area contributed by atoms with Crippen LogP contribution in [0.2, 0.25) is 0 Å². The Balaban J connectivity index is 0.00000200. The summed E-state index contributed by atoms with van der Waals surface area (Å²) in [7, 11) is 0. The van der Waals surface area contributed by atoms with E-state index in [4.69, 9.17) is 0 Å². The van der Waals surface area contributed by atoms with Crippen LogP contribution >= 0.6 is 24.8 Å². The Morgan fingerprint density at radius 2 is 2.19 bits per heavy atom. The summed E-state index contributed by atoms with van der Waals surface area (Å²) < 4.78 is 0. The Hall–Kier alpha value is -1.37. The lowest BCUT2D eigenvalue weighted by Crippen LogP contribution is -2.54. The molecule has 0 spiro atoms. The zero-order valence-electron chi connectivity index (χ0n) is 11.7. The van der Waals surface area contributed by atoms with Crippen molar-refractivity contribution in [2.45, 2.75) is 13.0 Å². The molecule has 0 saturated carbocycles. The van der Waals surface area contributed by atoms with Gasteiger partial charge in [-0.3, -0.25) is 14.6 Å². The first-order valence-corrected chi connectivity index (χ1v) is 6.38. The van der Waals surface area contributed by atoms with Crippen LogP contribution in [-0.4, -0.2) is 53.9 Å². The number of amides is 2. The van der Waals surface area contributed by atoms with Crippen molar-refractivity contribution in [3.05, 3.63) is 30.1 Å². The van der Waals surface area contributed by atoms with Gasteiger partial charge in [-0.05, 0) is 19.1 Å². The van der Waals surface area contributed by atoms with E-state index in [9.17, 15) is 9.59 Å². The molecule has 0 aromatic carbocycles. The average molecular weight is 335 g/mol. The van der Waals surface area contributed by atoms with Crippen LogP contribution in [-0.2, 0) is 4.79 Å². The first kappa shape index (κ1) is 19.6. The lowest BCUT2D eigenvalue weighted by atomic mass is 10.2. The van der Waals surface area contributed by atoms with Crippen LogP contribution in [0.5, 0.6) is 0 Å². The molecule has 118 valence electrons. The Morgan fingerprint density at radius 1 is 1.43 bits per heavy atom. The molecular formula is C13H20Cl2N4O2. The van der Waals surface area contributed by atoms with Crippen LogP contribution in [0.1, 0.15) is 17.4 Å². The molecule has 1 aromatic heterocycles. The van der Waals surface area contributed by atoms with E-state index in [1.807, 2.05) is 6.92 Å². The normalized spacial score (nSPS) is 17.2. The summed E-state index contributed by atoms with van der Waals surface area (Å²) in [6, 6.07) is 5.26. The predicted octanol–water partition coefficient (Wildman–Crippen LogP) is 0.475. The average Bonchev–Trinajstić information content (AvgIpc) is 2.46. The summed E-state index contributed by atoms with van der Waals surface area (Å²) >= 11 is 0. The van der Waals surface area contributed by atoms with Gasteiger partial charge < -0.3 is 15.5 Å². The highest BCUT2D eigenvalue weighted by Gasteiger charge is 2.23. The third-order valence-electron chi connectivity index (χ3n) is 3.12. The van der Waals surface area contributed by atoms with Gasteiger partial charge in [0.15, 0.2) is 0 Å². The first-order chi connectivity index (χ1) is 9.18. The number of nitrogens with zero attached hydrogens (tertiary/aromatic N) is 2. The number of pyridine rings is 1. The minimum Gasteiger partial charge on any atom is -0.342 e. The molecule has 1 aliphatic rings. The molecule has 1 fully saturated rings. The molecule has 21 heavy (non-hydrogen) atoms. The van der Waals surface area contributed by atoms with Crippen molar-refractivity contribution in [1.82, 2.24) is 20.5 Å². The highest BCUT2D eigenvalue weighted by Crippen LogP contribution is 2.02. The van der Waals surface area contributed by atoms with Gasteiger partial charge >= 0.3 is 0 Å². The quantitative estimate of drug-likeness (QED) is 0.842. The van der Waals surface area contributed by atoms with Crippen molar-refractivity contribution < 1.29 is 9.59 Å². The second kappa shape index (κ2) is 9.55. The third kappa shape index (κ3) is 5.49. The van der Waals surface area contributed by atoms with Crippen molar-refractivity contribution >= 4 is 36.6 Å². The molecule has 0 bridgehead atoms. The number of hydrogen-bond donors (Lipinski definition) is 2. The predicted molar refractivity (Wildman–Crippen MR) is 85.1 cm³/mol. The van der Waals surface area contributed by atoms with Crippen LogP contribution in [0, 0.1) is 0 Å². The van der Waals surface area contributed by atoms with Crippen LogP contribution in [0.25, 0.3) is 0 Å². The number of aromatic nitrogens is 1. The summed E-state index contributed by atoms with van der Waals surface area (Å²) in [6.45, 7) is 4.27. The highest BCUT2D eigenvalue weighted by atomic mass is 35.5. The zero-order valence-corrected chi connectivity index (χ0v) is 13.4. The highest BCUT2D eigenvalue weighted by molar-refractivity contribution is 5.94. The van der Waals surface area contributed by atoms with Gasteiger partial charge in [0.05, 0.1) is 6.54 Å². The van der Waals surface area contributed by atoms with Crippen LogP contribution in [0.3, 0.4) is 0 Å². The maximum Gasteiger partial charge on any atom is 0.270 e. The molecular weight excluding hydrogens is 315 g/mol. The summed E-state index contributed by atoms with van der Waals surface area (Å²) in [6.07, 6.45) is 1.55.